The van der Waals surface area contributed by atoms with E-state index >= 15 is 0 Å². The van der Waals surface area contributed by atoms with Gasteiger partial charge in [-0.25, -0.2) is 9.79 Å². The number of aliphatic hydroxyl groups excluding tert-OH is 1. The summed E-state index contributed by atoms with van der Waals surface area (Å²) in [5, 5.41) is 15.9. The highest BCUT2D eigenvalue weighted by atomic mass is 35.5. The Balaban J connectivity index is 1.45. The number of amides is 1. The Kier molecular flexibility index (Phi) is 8.40. The summed E-state index contributed by atoms with van der Waals surface area (Å²) < 4.78 is 12.7. The molecule has 3 heterocycles. The largest absolute Gasteiger partial charge is 0.506 e. The summed E-state index contributed by atoms with van der Waals surface area (Å²) in [4.78, 5) is 30.5. The number of nitrogens with zero attached hydrogens (tertiary/aromatic N) is 2. The number of benzene rings is 2. The van der Waals surface area contributed by atoms with Crippen molar-refractivity contribution in [3.63, 3.8) is 0 Å². The van der Waals surface area contributed by atoms with Gasteiger partial charge < -0.3 is 24.5 Å². The highest BCUT2D eigenvalue weighted by molar-refractivity contribution is 8.18. The maximum Gasteiger partial charge on any atom is 0.344 e. The van der Waals surface area contributed by atoms with Gasteiger partial charge in [-0.2, -0.15) is 0 Å². The Bertz CT molecular complexity index is 1490. The van der Waals surface area contributed by atoms with Gasteiger partial charge in [0.05, 0.1) is 23.3 Å². The summed E-state index contributed by atoms with van der Waals surface area (Å²) in [5.41, 5.74) is 2.27. The normalized spacial score (nSPS) is 19.4. The second-order valence-electron chi connectivity index (χ2n) is 9.12. The smallest absolute Gasteiger partial charge is 0.344 e. The highest BCUT2D eigenvalue weighted by Gasteiger charge is 2.33. The van der Waals surface area contributed by atoms with Crippen molar-refractivity contribution in [3.8, 4) is 0 Å². The number of aliphatic imine (C=N–C) groups is 1. The van der Waals surface area contributed by atoms with E-state index in [4.69, 9.17) is 21.1 Å². The fourth-order valence-corrected chi connectivity index (χ4v) is 5.68. The summed E-state index contributed by atoms with van der Waals surface area (Å²) >= 11 is 7.17. The van der Waals surface area contributed by atoms with Crippen molar-refractivity contribution < 1.29 is 24.2 Å². The average Bonchev–Trinajstić information content (AvgIpc) is 3.64. The van der Waals surface area contributed by atoms with Crippen molar-refractivity contribution in [2.45, 2.75) is 32.4 Å². The van der Waals surface area contributed by atoms with Crippen LogP contribution in [0, 0.1) is 0 Å². The number of hydrogen-bond donors (Lipinski definition) is 2. The van der Waals surface area contributed by atoms with Crippen molar-refractivity contribution in [2.24, 2.45) is 4.99 Å². The number of esters is 1. The van der Waals surface area contributed by atoms with Gasteiger partial charge in [0.15, 0.2) is 0 Å². The van der Waals surface area contributed by atoms with Gasteiger partial charge in [-0.3, -0.25) is 4.79 Å². The number of carbonyl (C=O) groups is 2. The van der Waals surface area contributed by atoms with Crippen molar-refractivity contribution in [3.05, 3.63) is 81.6 Å². The van der Waals surface area contributed by atoms with Gasteiger partial charge in [0.25, 0.3) is 0 Å². The van der Waals surface area contributed by atoms with Gasteiger partial charge in [-0.15, -0.1) is 0 Å². The van der Waals surface area contributed by atoms with Gasteiger partial charge >= 0.3 is 5.97 Å². The Morgan fingerprint density at radius 1 is 1.26 bits per heavy atom. The number of aromatic nitrogens is 1. The lowest BCUT2D eigenvalue weighted by Crippen LogP contribution is -2.34. The molecule has 0 spiro atoms. The first-order valence-electron chi connectivity index (χ1n) is 12.7. The number of carbonyl (C=O) groups excluding carboxylic acids is 2. The van der Waals surface area contributed by atoms with Crippen molar-refractivity contribution in [1.82, 2.24) is 9.88 Å². The molecule has 10 heteroatoms. The maximum absolute atomic E-state index is 12.8. The van der Waals surface area contributed by atoms with E-state index in [0.717, 1.165) is 35.9 Å². The first-order chi connectivity index (χ1) is 18.9. The molecule has 1 saturated heterocycles. The van der Waals surface area contributed by atoms with E-state index in [1.807, 2.05) is 35.0 Å². The van der Waals surface area contributed by atoms with E-state index in [1.54, 1.807) is 37.3 Å². The Hall–Kier alpha value is -3.53. The van der Waals surface area contributed by atoms with Gasteiger partial charge in [0.1, 0.15) is 22.9 Å². The Labute approximate surface area is 235 Å². The molecule has 2 N–H and O–H groups in total. The van der Waals surface area contributed by atoms with Crippen LogP contribution in [0.5, 0.6) is 0 Å². The molecule has 1 aromatic heterocycles. The maximum atomic E-state index is 12.8. The zero-order valence-corrected chi connectivity index (χ0v) is 22.9. The van der Waals surface area contributed by atoms with E-state index in [9.17, 15) is 14.7 Å². The SMILES string of the molecule is CCOC(=O)C1=C(O)/C(=C/c2cn(CC(=O)NC[C@H]3CCCO3)c3ccccc23)SC1=Nc1ccc(Cl)cc1. The zero-order valence-electron chi connectivity index (χ0n) is 21.4. The number of rotatable bonds is 8. The Morgan fingerprint density at radius 2 is 2.05 bits per heavy atom. The topological polar surface area (TPSA) is 102 Å². The first kappa shape index (κ1) is 27.1. The van der Waals surface area contributed by atoms with Crippen LogP contribution in [0.4, 0.5) is 5.69 Å². The minimum Gasteiger partial charge on any atom is -0.506 e. The molecule has 0 saturated carbocycles. The lowest BCUT2D eigenvalue weighted by molar-refractivity contribution is -0.138. The second-order valence-corrected chi connectivity index (χ2v) is 10.6. The minimum atomic E-state index is -0.649. The third kappa shape index (κ3) is 6.21. The quantitative estimate of drug-likeness (QED) is 0.336. The number of nitrogens with one attached hydrogen (secondary N) is 1. The first-order valence-corrected chi connectivity index (χ1v) is 13.9. The van der Waals surface area contributed by atoms with Crippen LogP contribution < -0.4 is 5.32 Å². The molecule has 0 bridgehead atoms. The van der Waals surface area contributed by atoms with Gasteiger partial charge in [-0.05, 0) is 56.2 Å². The fourth-order valence-electron chi connectivity index (χ4n) is 4.53. The standard InChI is InChI=1S/C29H28ClN3O5S/c1-2-37-29(36)26-27(35)24(39-28(26)32-20-11-9-19(30)10-12-20)14-18-16-33(23-8-4-3-7-22(18)23)17-25(34)31-15-21-6-5-13-38-21/h3-4,7-12,14,16,21,35H,2,5-6,13,15,17H2,1H3,(H,31,34)/b24-14-,32-28?/t21-/m1/s1. The summed E-state index contributed by atoms with van der Waals surface area (Å²) in [5.74, 6) is -0.952. The van der Waals surface area contributed by atoms with E-state index in [1.165, 1.54) is 11.8 Å². The van der Waals surface area contributed by atoms with Gasteiger partial charge in [0, 0.05) is 40.8 Å². The molecule has 8 nitrogen and oxygen atoms in total. The lowest BCUT2D eigenvalue weighted by Gasteiger charge is -2.11. The predicted octanol–water partition coefficient (Wildman–Crippen LogP) is 5.78. The van der Waals surface area contributed by atoms with Crippen LogP contribution in [0.15, 0.2) is 76.0 Å². The predicted molar refractivity (Wildman–Crippen MR) is 154 cm³/mol. The summed E-state index contributed by atoms with van der Waals surface area (Å²) in [6, 6.07) is 14.6. The minimum absolute atomic E-state index is 0.0142. The molecule has 0 radical (unpaired) electrons. The highest BCUT2D eigenvalue weighted by Crippen LogP contribution is 2.41. The third-order valence-corrected chi connectivity index (χ3v) is 7.67. The summed E-state index contributed by atoms with van der Waals surface area (Å²) in [7, 11) is 0. The number of halogens is 1. The average molecular weight is 566 g/mol. The molecule has 0 aliphatic carbocycles. The molecular formula is C29H28ClN3O5S. The van der Waals surface area contributed by atoms with E-state index < -0.39 is 5.97 Å². The Morgan fingerprint density at radius 3 is 2.79 bits per heavy atom. The monoisotopic (exact) mass is 565 g/mol. The van der Waals surface area contributed by atoms with Gasteiger partial charge in [-0.1, -0.05) is 41.6 Å². The number of hydrogen-bond acceptors (Lipinski definition) is 7. The van der Waals surface area contributed by atoms with Crippen molar-refractivity contribution >= 4 is 62.9 Å². The molecule has 3 aromatic rings. The van der Waals surface area contributed by atoms with Crippen LogP contribution in [0.25, 0.3) is 17.0 Å². The molecule has 2 aliphatic heterocycles. The molecular weight excluding hydrogens is 538 g/mol. The van der Waals surface area contributed by atoms with Crippen molar-refractivity contribution in [2.75, 3.05) is 19.8 Å². The summed E-state index contributed by atoms with van der Waals surface area (Å²) in [6.45, 7) is 3.25. The molecule has 2 aromatic carbocycles. The lowest BCUT2D eigenvalue weighted by atomic mass is 10.1. The van der Waals surface area contributed by atoms with Crippen LogP contribution in [-0.4, -0.2) is 52.5 Å². The van der Waals surface area contributed by atoms with E-state index in [0.29, 0.717) is 27.2 Å². The molecule has 39 heavy (non-hydrogen) atoms. The molecule has 1 atom stereocenters. The number of fused-ring (bicyclic) bond motifs is 1. The number of ether oxygens (including phenoxy) is 2. The summed E-state index contributed by atoms with van der Waals surface area (Å²) in [6.07, 6.45) is 5.71. The molecule has 1 fully saturated rings. The van der Waals surface area contributed by atoms with Crippen molar-refractivity contribution in [1.29, 1.82) is 0 Å². The molecule has 202 valence electrons. The molecule has 5 rings (SSSR count). The second kappa shape index (κ2) is 12.1. The van der Waals surface area contributed by atoms with Crippen LogP contribution in [-0.2, 0) is 25.6 Å². The van der Waals surface area contributed by atoms with Crippen LogP contribution in [0.2, 0.25) is 5.02 Å². The fraction of sp³-hybridized carbons (Fsp3) is 0.276. The van der Waals surface area contributed by atoms with Crippen LogP contribution in [0.1, 0.15) is 25.3 Å². The molecule has 2 aliphatic rings. The van der Waals surface area contributed by atoms with E-state index in [2.05, 4.69) is 10.3 Å². The number of para-hydroxylation sites is 1. The van der Waals surface area contributed by atoms with E-state index in [-0.39, 0.29) is 36.5 Å². The third-order valence-electron chi connectivity index (χ3n) is 6.40. The molecule has 0 unspecified atom stereocenters. The number of thioether (sulfide) groups is 1. The zero-order chi connectivity index (χ0) is 27.4. The van der Waals surface area contributed by atoms with Crippen LogP contribution in [0.3, 0.4) is 0 Å². The molecule has 1 amide bonds. The number of aliphatic hydroxyl groups is 1. The van der Waals surface area contributed by atoms with Gasteiger partial charge in [0.2, 0.25) is 5.91 Å². The van der Waals surface area contributed by atoms with Crippen LogP contribution >= 0.6 is 23.4 Å².